The zero-order valence-electron chi connectivity index (χ0n) is 9.88. The van der Waals surface area contributed by atoms with E-state index in [-0.39, 0.29) is 16.5 Å². The first-order valence-corrected chi connectivity index (χ1v) is 5.83. The van der Waals surface area contributed by atoms with Gasteiger partial charge in [-0.1, -0.05) is 0 Å². The summed E-state index contributed by atoms with van der Waals surface area (Å²) in [5.74, 6) is -3.08. The van der Waals surface area contributed by atoms with Crippen LogP contribution in [-0.4, -0.2) is 5.11 Å². The Morgan fingerprint density at radius 2 is 0.950 bits per heavy atom. The summed E-state index contributed by atoms with van der Waals surface area (Å²) in [6, 6.07) is 5.55. The number of benzene rings is 2. The third-order valence-corrected chi connectivity index (χ3v) is 2.44. The molecule has 0 saturated heterocycles. The molecule has 0 aliphatic carbocycles. The van der Waals surface area contributed by atoms with Crippen molar-refractivity contribution in [2.24, 2.45) is 0 Å². The second kappa shape index (κ2) is 5.87. The molecule has 2 N–H and O–H groups in total. The summed E-state index contributed by atoms with van der Waals surface area (Å²) in [4.78, 5) is 0. The molecule has 0 heterocycles. The summed E-state index contributed by atoms with van der Waals surface area (Å²) < 4.78 is 51.9. The average Bonchev–Trinajstić information content (AvgIpc) is 2.24. The molecular weight excluding hydrogens is 292 g/mol. The fourth-order valence-corrected chi connectivity index (χ4v) is 1.78. The van der Waals surface area contributed by atoms with E-state index in [1.165, 1.54) is 0 Å². The number of anilines is 2. The lowest BCUT2D eigenvalue weighted by molar-refractivity contribution is 0.583. The van der Waals surface area contributed by atoms with Crippen molar-refractivity contribution in [1.29, 1.82) is 0 Å². The number of halogens is 4. The van der Waals surface area contributed by atoms with Crippen LogP contribution in [0, 0.1) is 23.3 Å². The van der Waals surface area contributed by atoms with Crippen LogP contribution in [0.25, 0.3) is 0 Å². The molecule has 0 fully saturated rings. The molecule has 0 spiro atoms. The van der Waals surface area contributed by atoms with Crippen molar-refractivity contribution >= 4 is 28.7 Å². The van der Waals surface area contributed by atoms with Crippen LogP contribution in [-0.2, 0) is 0 Å². The molecular formula is C13H8F4N2S. The Hall–Kier alpha value is -2.15. The number of hydrogen-bond acceptors (Lipinski definition) is 1. The molecule has 2 aromatic carbocycles. The lowest BCUT2D eigenvalue weighted by Gasteiger charge is -2.11. The van der Waals surface area contributed by atoms with Gasteiger partial charge in [0.25, 0.3) is 0 Å². The molecule has 20 heavy (non-hydrogen) atoms. The van der Waals surface area contributed by atoms with E-state index in [2.05, 4.69) is 10.6 Å². The minimum Gasteiger partial charge on any atom is -0.332 e. The Kier molecular flexibility index (Phi) is 4.19. The zero-order valence-corrected chi connectivity index (χ0v) is 10.7. The Labute approximate surface area is 117 Å². The van der Waals surface area contributed by atoms with E-state index in [1.807, 2.05) is 0 Å². The normalized spacial score (nSPS) is 10.2. The number of nitrogens with one attached hydrogen (secondary N) is 2. The highest BCUT2D eigenvalue weighted by atomic mass is 32.1. The van der Waals surface area contributed by atoms with Crippen LogP contribution in [0.4, 0.5) is 28.9 Å². The van der Waals surface area contributed by atoms with Crippen molar-refractivity contribution in [2.75, 3.05) is 10.6 Å². The van der Waals surface area contributed by atoms with Crippen LogP contribution >= 0.6 is 12.2 Å². The van der Waals surface area contributed by atoms with Crippen molar-refractivity contribution in [2.45, 2.75) is 0 Å². The van der Waals surface area contributed by atoms with Crippen LogP contribution in [0.2, 0.25) is 0 Å². The van der Waals surface area contributed by atoms with Crippen LogP contribution in [0.5, 0.6) is 0 Å². The third kappa shape index (κ3) is 3.92. The van der Waals surface area contributed by atoms with Gasteiger partial charge in [-0.15, -0.1) is 0 Å². The fraction of sp³-hybridized carbons (Fsp3) is 0. The Morgan fingerprint density at radius 1 is 0.650 bits per heavy atom. The molecule has 0 aromatic heterocycles. The van der Waals surface area contributed by atoms with E-state index in [0.717, 1.165) is 24.3 Å². The van der Waals surface area contributed by atoms with Crippen LogP contribution in [0.3, 0.4) is 0 Å². The van der Waals surface area contributed by atoms with Gasteiger partial charge in [0.2, 0.25) is 0 Å². The minimum absolute atomic E-state index is 0.0556. The zero-order chi connectivity index (χ0) is 14.7. The SMILES string of the molecule is Fc1cc(F)cc(NC(=S)Nc2cc(F)cc(F)c2)c1. The lowest BCUT2D eigenvalue weighted by atomic mass is 10.3. The van der Waals surface area contributed by atoms with Crippen LogP contribution < -0.4 is 10.6 Å². The van der Waals surface area contributed by atoms with E-state index in [0.29, 0.717) is 12.1 Å². The summed E-state index contributed by atoms with van der Waals surface area (Å²) in [5.41, 5.74) is 0.161. The molecule has 104 valence electrons. The minimum atomic E-state index is -0.771. The first-order valence-electron chi connectivity index (χ1n) is 5.42. The Morgan fingerprint density at radius 3 is 1.25 bits per heavy atom. The van der Waals surface area contributed by atoms with Gasteiger partial charge in [-0.05, 0) is 36.5 Å². The molecule has 2 aromatic rings. The highest BCUT2D eigenvalue weighted by Gasteiger charge is 2.05. The first-order chi connectivity index (χ1) is 9.42. The summed E-state index contributed by atoms with van der Waals surface area (Å²) in [6.07, 6.45) is 0. The third-order valence-electron chi connectivity index (χ3n) is 2.24. The highest BCUT2D eigenvalue weighted by molar-refractivity contribution is 7.80. The number of rotatable bonds is 2. The molecule has 0 aliphatic rings. The van der Waals surface area contributed by atoms with E-state index in [1.54, 1.807) is 0 Å². The predicted molar refractivity (Wildman–Crippen MR) is 72.6 cm³/mol. The second-order valence-corrected chi connectivity index (χ2v) is 4.30. The molecule has 2 nitrogen and oxygen atoms in total. The molecule has 0 saturated carbocycles. The average molecular weight is 300 g/mol. The first kappa shape index (κ1) is 14.3. The predicted octanol–water partition coefficient (Wildman–Crippen LogP) is 4.05. The van der Waals surface area contributed by atoms with Gasteiger partial charge in [0, 0.05) is 23.5 Å². The molecule has 0 radical (unpaired) electrons. The van der Waals surface area contributed by atoms with E-state index in [9.17, 15) is 17.6 Å². The molecule has 0 aliphatic heterocycles. The van der Waals surface area contributed by atoms with Gasteiger partial charge in [-0.3, -0.25) is 0 Å². The molecule has 0 unspecified atom stereocenters. The van der Waals surface area contributed by atoms with E-state index in [4.69, 9.17) is 12.2 Å². The van der Waals surface area contributed by atoms with Crippen molar-refractivity contribution in [3.8, 4) is 0 Å². The maximum absolute atomic E-state index is 13.0. The monoisotopic (exact) mass is 300 g/mol. The smallest absolute Gasteiger partial charge is 0.175 e. The van der Waals surface area contributed by atoms with Crippen molar-refractivity contribution in [3.63, 3.8) is 0 Å². The number of thiocarbonyl (C=S) groups is 1. The van der Waals surface area contributed by atoms with E-state index < -0.39 is 23.3 Å². The summed E-state index contributed by atoms with van der Waals surface area (Å²) in [5, 5.41) is 4.96. The maximum Gasteiger partial charge on any atom is 0.175 e. The van der Waals surface area contributed by atoms with Gasteiger partial charge in [0.1, 0.15) is 23.3 Å². The van der Waals surface area contributed by atoms with Gasteiger partial charge in [0.05, 0.1) is 0 Å². The Balaban J connectivity index is 2.08. The van der Waals surface area contributed by atoms with Gasteiger partial charge in [0.15, 0.2) is 5.11 Å². The molecule has 7 heteroatoms. The van der Waals surface area contributed by atoms with Crippen molar-refractivity contribution in [1.82, 2.24) is 0 Å². The molecule has 0 atom stereocenters. The van der Waals surface area contributed by atoms with Gasteiger partial charge in [-0.2, -0.15) is 0 Å². The molecule has 2 rings (SSSR count). The second-order valence-electron chi connectivity index (χ2n) is 3.90. The maximum atomic E-state index is 13.0. The van der Waals surface area contributed by atoms with Gasteiger partial charge < -0.3 is 10.6 Å². The van der Waals surface area contributed by atoms with Crippen molar-refractivity contribution < 1.29 is 17.6 Å². The highest BCUT2D eigenvalue weighted by Crippen LogP contribution is 2.15. The molecule has 0 amide bonds. The van der Waals surface area contributed by atoms with Crippen LogP contribution in [0.15, 0.2) is 36.4 Å². The number of hydrogen-bond donors (Lipinski definition) is 2. The van der Waals surface area contributed by atoms with E-state index >= 15 is 0 Å². The topological polar surface area (TPSA) is 24.1 Å². The summed E-state index contributed by atoms with van der Waals surface area (Å²) >= 11 is 4.88. The van der Waals surface area contributed by atoms with Gasteiger partial charge in [-0.25, -0.2) is 17.6 Å². The van der Waals surface area contributed by atoms with Gasteiger partial charge >= 0.3 is 0 Å². The Bertz CT molecular complexity index is 565. The standard InChI is InChI=1S/C13H8F4N2S/c14-7-1-8(15)4-11(3-7)18-13(20)19-12-5-9(16)2-10(17)6-12/h1-6H,(H2,18,19,20). The summed E-state index contributed by atoms with van der Waals surface area (Å²) in [6.45, 7) is 0. The van der Waals surface area contributed by atoms with Crippen molar-refractivity contribution in [3.05, 3.63) is 59.7 Å². The molecule has 0 bridgehead atoms. The largest absolute Gasteiger partial charge is 0.332 e. The van der Waals surface area contributed by atoms with Crippen LogP contribution in [0.1, 0.15) is 0 Å². The quantitative estimate of drug-likeness (QED) is 0.646. The lowest BCUT2D eigenvalue weighted by Crippen LogP contribution is -2.19. The summed E-state index contributed by atoms with van der Waals surface area (Å²) in [7, 11) is 0. The fourth-order valence-electron chi connectivity index (χ4n) is 1.55.